The Morgan fingerprint density at radius 1 is 1.30 bits per heavy atom. The molecule has 5 nitrogen and oxygen atoms in total. The number of ether oxygens (including phenoxy) is 1. The summed E-state index contributed by atoms with van der Waals surface area (Å²) in [6, 6.07) is 8.08. The zero-order valence-corrected chi connectivity index (χ0v) is 12.8. The third-order valence-electron chi connectivity index (χ3n) is 2.97. The van der Waals surface area contributed by atoms with Gasteiger partial charge >= 0.3 is 0 Å². The van der Waals surface area contributed by atoms with E-state index in [1.165, 1.54) is 12.1 Å². The van der Waals surface area contributed by atoms with Gasteiger partial charge in [-0.05, 0) is 23.6 Å². The summed E-state index contributed by atoms with van der Waals surface area (Å²) in [4.78, 5) is 0.195. The smallest absolute Gasteiger partial charge is 0.240 e. The first-order valence-corrected chi connectivity index (χ1v) is 7.86. The van der Waals surface area contributed by atoms with Crippen LogP contribution >= 0.6 is 0 Å². The molecule has 0 saturated heterocycles. The molecule has 1 rings (SSSR count). The summed E-state index contributed by atoms with van der Waals surface area (Å²) in [6.45, 7) is 4.19. The van der Waals surface area contributed by atoms with Crippen LogP contribution < -0.4 is 4.72 Å². The Morgan fingerprint density at radius 2 is 1.90 bits per heavy atom. The maximum Gasteiger partial charge on any atom is 0.240 e. The first-order chi connectivity index (χ1) is 9.40. The van der Waals surface area contributed by atoms with Crippen molar-refractivity contribution in [2.24, 2.45) is 5.92 Å². The average Bonchev–Trinajstić information content (AvgIpc) is 2.39. The Labute approximate surface area is 120 Å². The van der Waals surface area contributed by atoms with Gasteiger partial charge in [-0.1, -0.05) is 26.0 Å². The summed E-state index contributed by atoms with van der Waals surface area (Å²) in [5, 5.41) is 8.59. The minimum Gasteiger partial charge on any atom is -0.383 e. The van der Waals surface area contributed by atoms with Crippen LogP contribution in [-0.4, -0.2) is 28.2 Å². The number of hydrogen-bond donors (Lipinski definition) is 1. The van der Waals surface area contributed by atoms with E-state index in [1.54, 1.807) is 19.2 Å². The zero-order chi connectivity index (χ0) is 15.2. The van der Waals surface area contributed by atoms with E-state index in [0.29, 0.717) is 6.61 Å². The summed E-state index contributed by atoms with van der Waals surface area (Å²) < 4.78 is 32.2. The van der Waals surface area contributed by atoms with Gasteiger partial charge in [0.2, 0.25) is 10.0 Å². The number of sulfonamides is 1. The van der Waals surface area contributed by atoms with Crippen molar-refractivity contribution in [3.8, 4) is 6.07 Å². The molecule has 110 valence electrons. The molecule has 1 atom stereocenters. The van der Waals surface area contributed by atoms with Gasteiger partial charge in [0.25, 0.3) is 0 Å². The molecule has 1 aromatic carbocycles. The highest BCUT2D eigenvalue weighted by Crippen LogP contribution is 2.13. The van der Waals surface area contributed by atoms with E-state index < -0.39 is 10.0 Å². The van der Waals surface area contributed by atoms with Crippen LogP contribution in [-0.2, 0) is 21.2 Å². The zero-order valence-electron chi connectivity index (χ0n) is 12.0. The average molecular weight is 296 g/mol. The van der Waals surface area contributed by atoms with Crippen molar-refractivity contribution in [2.45, 2.75) is 31.2 Å². The van der Waals surface area contributed by atoms with Gasteiger partial charge < -0.3 is 4.74 Å². The number of hydrogen-bond acceptors (Lipinski definition) is 4. The quantitative estimate of drug-likeness (QED) is 0.830. The van der Waals surface area contributed by atoms with Gasteiger partial charge in [0.05, 0.1) is 24.0 Å². The van der Waals surface area contributed by atoms with E-state index in [-0.39, 0.29) is 23.3 Å². The van der Waals surface area contributed by atoms with Gasteiger partial charge in [-0.15, -0.1) is 0 Å². The first-order valence-electron chi connectivity index (χ1n) is 6.38. The second-order valence-corrected chi connectivity index (χ2v) is 6.62. The summed E-state index contributed by atoms with van der Waals surface area (Å²) in [7, 11) is -2.03. The van der Waals surface area contributed by atoms with Gasteiger partial charge in [-0.3, -0.25) is 0 Å². The second kappa shape index (κ2) is 7.39. The Morgan fingerprint density at radius 3 is 2.35 bits per heavy atom. The van der Waals surface area contributed by atoms with Gasteiger partial charge in [-0.25, -0.2) is 13.1 Å². The van der Waals surface area contributed by atoms with Gasteiger partial charge in [0.15, 0.2) is 0 Å². The van der Waals surface area contributed by atoms with Gasteiger partial charge in [0, 0.05) is 13.2 Å². The van der Waals surface area contributed by atoms with Crippen LogP contribution in [0.1, 0.15) is 19.4 Å². The molecule has 0 spiro atoms. The molecule has 1 N–H and O–H groups in total. The van der Waals surface area contributed by atoms with Crippen molar-refractivity contribution in [2.75, 3.05) is 13.7 Å². The predicted octanol–water partition coefficient (Wildman–Crippen LogP) is 1.70. The first kappa shape index (κ1) is 16.6. The lowest BCUT2D eigenvalue weighted by Crippen LogP contribution is -2.41. The van der Waals surface area contributed by atoms with Crippen LogP contribution in [0, 0.1) is 17.2 Å². The van der Waals surface area contributed by atoms with E-state index in [0.717, 1.165) is 5.56 Å². The molecule has 6 heteroatoms. The lowest BCUT2D eigenvalue weighted by Gasteiger charge is -2.21. The maximum atomic E-state index is 12.3. The molecule has 0 aliphatic heterocycles. The molecule has 1 aromatic rings. The van der Waals surface area contributed by atoms with E-state index >= 15 is 0 Å². The topological polar surface area (TPSA) is 79.2 Å². The fourth-order valence-corrected chi connectivity index (χ4v) is 3.06. The van der Waals surface area contributed by atoms with Crippen LogP contribution in [0.4, 0.5) is 0 Å². The number of nitrogens with zero attached hydrogens (tertiary/aromatic N) is 1. The standard InChI is InChI=1S/C14H20N2O3S/c1-11(2)14(10-19-3)16-20(17,18)13-6-4-12(5-7-13)8-9-15/h4-7,11,14,16H,8,10H2,1-3H3. The highest BCUT2D eigenvalue weighted by Gasteiger charge is 2.22. The lowest BCUT2D eigenvalue weighted by atomic mass is 10.1. The second-order valence-electron chi connectivity index (χ2n) is 4.91. The van der Waals surface area contributed by atoms with Crippen LogP contribution in [0.2, 0.25) is 0 Å². The van der Waals surface area contributed by atoms with Crippen molar-refractivity contribution in [3.63, 3.8) is 0 Å². The Balaban J connectivity index is 2.90. The number of nitriles is 1. The molecule has 0 radical (unpaired) electrons. The third-order valence-corrected chi connectivity index (χ3v) is 4.48. The van der Waals surface area contributed by atoms with E-state index in [2.05, 4.69) is 4.72 Å². The molecule has 0 saturated carbocycles. The minimum absolute atomic E-state index is 0.127. The van der Waals surface area contributed by atoms with Crippen molar-refractivity contribution in [3.05, 3.63) is 29.8 Å². The van der Waals surface area contributed by atoms with Gasteiger partial charge in [0.1, 0.15) is 0 Å². The highest BCUT2D eigenvalue weighted by atomic mass is 32.2. The summed E-state index contributed by atoms with van der Waals surface area (Å²) in [6.07, 6.45) is 0.270. The molecule has 0 heterocycles. The number of benzene rings is 1. The van der Waals surface area contributed by atoms with Crippen LogP contribution in [0.3, 0.4) is 0 Å². The van der Waals surface area contributed by atoms with Crippen molar-refractivity contribution in [1.29, 1.82) is 5.26 Å². The van der Waals surface area contributed by atoms with E-state index in [9.17, 15) is 8.42 Å². The molecule has 0 aromatic heterocycles. The monoisotopic (exact) mass is 296 g/mol. The largest absolute Gasteiger partial charge is 0.383 e. The normalized spacial score (nSPS) is 13.2. The van der Waals surface area contributed by atoms with Crippen molar-refractivity contribution < 1.29 is 13.2 Å². The summed E-state index contributed by atoms with van der Waals surface area (Å²) >= 11 is 0. The summed E-state index contributed by atoms with van der Waals surface area (Å²) in [5.74, 6) is 0.127. The molecular weight excluding hydrogens is 276 g/mol. The number of rotatable bonds is 7. The fourth-order valence-electron chi connectivity index (χ4n) is 1.69. The molecule has 0 bridgehead atoms. The van der Waals surface area contributed by atoms with Crippen LogP contribution in [0.5, 0.6) is 0 Å². The molecular formula is C14H20N2O3S. The van der Waals surface area contributed by atoms with E-state index in [4.69, 9.17) is 10.00 Å². The lowest BCUT2D eigenvalue weighted by molar-refractivity contribution is 0.157. The molecule has 0 aliphatic carbocycles. The fraction of sp³-hybridized carbons (Fsp3) is 0.500. The molecule has 1 unspecified atom stereocenters. The van der Waals surface area contributed by atoms with Crippen LogP contribution in [0.15, 0.2) is 29.2 Å². The van der Waals surface area contributed by atoms with Crippen LogP contribution in [0.25, 0.3) is 0 Å². The number of nitrogens with one attached hydrogen (secondary N) is 1. The third kappa shape index (κ3) is 4.60. The molecule has 0 aliphatic rings. The molecule has 0 fully saturated rings. The number of methoxy groups -OCH3 is 1. The predicted molar refractivity (Wildman–Crippen MR) is 76.6 cm³/mol. The Hall–Kier alpha value is -1.42. The highest BCUT2D eigenvalue weighted by molar-refractivity contribution is 7.89. The van der Waals surface area contributed by atoms with Crippen molar-refractivity contribution in [1.82, 2.24) is 4.72 Å². The molecule has 20 heavy (non-hydrogen) atoms. The van der Waals surface area contributed by atoms with Crippen molar-refractivity contribution >= 4 is 10.0 Å². The van der Waals surface area contributed by atoms with E-state index in [1.807, 2.05) is 19.9 Å². The SMILES string of the molecule is COCC(NS(=O)(=O)c1ccc(CC#N)cc1)C(C)C. The maximum absolute atomic E-state index is 12.3. The minimum atomic E-state index is -3.57. The molecule has 0 amide bonds. The Kier molecular flexibility index (Phi) is 6.14. The summed E-state index contributed by atoms with van der Waals surface area (Å²) in [5.41, 5.74) is 0.795. The Bertz CT molecular complexity index is 559. The van der Waals surface area contributed by atoms with Gasteiger partial charge in [-0.2, -0.15) is 5.26 Å².